The summed E-state index contributed by atoms with van der Waals surface area (Å²) in [6.45, 7) is 2.39. The van der Waals surface area contributed by atoms with Crippen LogP contribution in [0.5, 0.6) is 5.75 Å². The maximum absolute atomic E-state index is 13.9. The third-order valence-electron chi connectivity index (χ3n) is 5.82. The number of hydrogen-bond acceptors (Lipinski definition) is 3. The van der Waals surface area contributed by atoms with E-state index >= 15 is 0 Å². The molecule has 3 nitrogen and oxygen atoms in total. The molecule has 1 aromatic carbocycles. The molecule has 1 N–H and O–H groups in total. The first-order chi connectivity index (χ1) is 17.8. The molecule has 40 heavy (non-hydrogen) atoms. The lowest BCUT2D eigenvalue weighted by molar-refractivity contribution is -0.452. The normalized spacial score (nSPS) is 16.1. The Morgan fingerprint density at radius 3 is 1.57 bits per heavy atom. The topological polar surface area (TPSA) is 38.7 Å². The Morgan fingerprint density at radius 2 is 1.12 bits per heavy atom. The first kappa shape index (κ1) is 35.9. The SMILES string of the molecule is C[C@H](CO)[C@H](C)OCc1ccc(OCCCC(F)(F)C(F)(F)C(F)(F)C(F)(F)C(F)(F)C(F)(F)C(F)(F)F)cc1. The van der Waals surface area contributed by atoms with Gasteiger partial charge in [-0.3, -0.25) is 0 Å². The van der Waals surface area contributed by atoms with Crippen LogP contribution in [0.1, 0.15) is 32.3 Å². The van der Waals surface area contributed by atoms with Gasteiger partial charge in [0, 0.05) is 18.9 Å². The number of benzene rings is 1. The van der Waals surface area contributed by atoms with Gasteiger partial charge in [-0.1, -0.05) is 19.1 Å². The molecule has 0 heterocycles. The van der Waals surface area contributed by atoms with Crippen LogP contribution < -0.4 is 4.74 Å². The van der Waals surface area contributed by atoms with Gasteiger partial charge in [-0.15, -0.1) is 0 Å². The second kappa shape index (κ2) is 12.0. The van der Waals surface area contributed by atoms with Gasteiger partial charge < -0.3 is 14.6 Å². The summed E-state index contributed by atoms with van der Waals surface area (Å²) in [4.78, 5) is 0. The molecule has 0 aliphatic heterocycles. The summed E-state index contributed by atoms with van der Waals surface area (Å²) in [7, 11) is 0. The van der Waals surface area contributed by atoms with E-state index in [4.69, 9.17) is 14.6 Å². The fraction of sp³-hybridized carbons (Fsp3) is 0.727. The van der Waals surface area contributed by atoms with E-state index in [1.54, 1.807) is 13.8 Å². The highest BCUT2D eigenvalue weighted by molar-refractivity contribution is 5.26. The minimum Gasteiger partial charge on any atom is -0.494 e. The molecule has 1 aromatic rings. The number of alkyl halides is 15. The molecule has 0 fully saturated rings. The summed E-state index contributed by atoms with van der Waals surface area (Å²) in [5.74, 6) is -46.7. The van der Waals surface area contributed by atoms with Gasteiger partial charge in [0.15, 0.2) is 0 Å². The van der Waals surface area contributed by atoms with Crippen LogP contribution in [-0.4, -0.2) is 66.1 Å². The molecular weight excluding hydrogens is 597 g/mol. The van der Waals surface area contributed by atoms with Crippen molar-refractivity contribution in [1.82, 2.24) is 0 Å². The molecule has 18 heteroatoms. The molecule has 0 amide bonds. The summed E-state index contributed by atoms with van der Waals surface area (Å²) in [5.41, 5.74) is 0.562. The first-order valence-corrected chi connectivity index (χ1v) is 11.1. The van der Waals surface area contributed by atoms with E-state index < -0.39 is 61.2 Å². The lowest BCUT2D eigenvalue weighted by Crippen LogP contribution is -2.72. The molecule has 1 rings (SSSR count). The summed E-state index contributed by atoms with van der Waals surface area (Å²) < 4.78 is 208. The average molecular weight is 620 g/mol. The predicted octanol–water partition coefficient (Wildman–Crippen LogP) is 7.75. The van der Waals surface area contributed by atoms with Crippen molar-refractivity contribution in [3.63, 3.8) is 0 Å². The van der Waals surface area contributed by atoms with E-state index in [-0.39, 0.29) is 31.0 Å². The van der Waals surface area contributed by atoms with Crippen LogP contribution in [-0.2, 0) is 11.3 Å². The van der Waals surface area contributed by atoms with Crippen molar-refractivity contribution >= 4 is 0 Å². The lowest BCUT2D eigenvalue weighted by atomic mass is 9.90. The van der Waals surface area contributed by atoms with Gasteiger partial charge in [0.05, 0.1) is 19.3 Å². The number of aliphatic hydroxyl groups is 1. The van der Waals surface area contributed by atoms with E-state index in [1.165, 1.54) is 24.3 Å². The molecule has 0 unspecified atom stereocenters. The quantitative estimate of drug-likeness (QED) is 0.161. The van der Waals surface area contributed by atoms with Gasteiger partial charge >= 0.3 is 41.7 Å². The van der Waals surface area contributed by atoms with Crippen LogP contribution in [0.25, 0.3) is 0 Å². The van der Waals surface area contributed by atoms with Crippen molar-refractivity contribution in [2.24, 2.45) is 5.92 Å². The van der Waals surface area contributed by atoms with Gasteiger partial charge in [-0.05, 0) is 31.0 Å². The maximum atomic E-state index is 13.9. The standard InChI is InChI=1S/C22H23F15O3/c1-12(10-38)13(2)40-11-14-4-6-15(7-5-14)39-9-3-8-16(23,24)17(25,26)18(27,28)19(29,30)20(31,32)21(33,34)22(35,36)37/h4-7,12-13,38H,3,8-11H2,1-2H3/t12-,13+/m1/s1. The van der Waals surface area contributed by atoms with E-state index in [2.05, 4.69) is 0 Å². The van der Waals surface area contributed by atoms with Crippen LogP contribution in [0.2, 0.25) is 0 Å². The summed E-state index contributed by atoms with van der Waals surface area (Å²) in [6.07, 6.45) is -11.7. The fourth-order valence-electron chi connectivity index (χ4n) is 2.86. The molecule has 0 radical (unpaired) electrons. The van der Waals surface area contributed by atoms with E-state index in [9.17, 15) is 65.9 Å². The third kappa shape index (κ3) is 6.68. The van der Waals surface area contributed by atoms with Crippen molar-refractivity contribution in [2.45, 2.75) is 81.1 Å². The highest BCUT2D eigenvalue weighted by Gasteiger charge is 2.93. The number of halogens is 15. The van der Waals surface area contributed by atoms with Gasteiger partial charge in [0.1, 0.15) is 5.75 Å². The Morgan fingerprint density at radius 1 is 0.675 bits per heavy atom. The largest absolute Gasteiger partial charge is 0.494 e. The summed E-state index contributed by atoms with van der Waals surface area (Å²) in [6, 6.07) is 5.30. The minimum absolute atomic E-state index is 0.0693. The monoisotopic (exact) mass is 620 g/mol. The third-order valence-corrected chi connectivity index (χ3v) is 5.82. The molecule has 2 atom stereocenters. The fourth-order valence-corrected chi connectivity index (χ4v) is 2.86. The molecule has 0 aromatic heterocycles. The van der Waals surface area contributed by atoms with Gasteiger partial charge in [-0.2, -0.15) is 65.9 Å². The zero-order valence-corrected chi connectivity index (χ0v) is 20.4. The number of aliphatic hydroxyl groups excluding tert-OH is 1. The Balaban J connectivity index is 2.90. The average Bonchev–Trinajstić information content (AvgIpc) is 2.83. The number of ether oxygens (including phenoxy) is 2. The smallest absolute Gasteiger partial charge is 0.460 e. The van der Waals surface area contributed by atoms with Gasteiger partial charge in [-0.25, -0.2) is 0 Å². The number of hydrogen-bond donors (Lipinski definition) is 1. The summed E-state index contributed by atoms with van der Waals surface area (Å²) in [5, 5.41) is 9.05. The highest BCUT2D eigenvalue weighted by Crippen LogP contribution is 2.62. The minimum atomic E-state index is -8.29. The molecule has 0 spiro atoms. The second-order valence-electron chi connectivity index (χ2n) is 8.85. The molecular formula is C22H23F15O3. The Bertz CT molecular complexity index is 946. The van der Waals surface area contributed by atoms with E-state index in [1.807, 2.05) is 0 Å². The van der Waals surface area contributed by atoms with Crippen LogP contribution >= 0.6 is 0 Å². The van der Waals surface area contributed by atoms with E-state index in [0.717, 1.165) is 0 Å². The van der Waals surface area contributed by atoms with Crippen molar-refractivity contribution in [1.29, 1.82) is 0 Å². The van der Waals surface area contributed by atoms with Crippen LogP contribution in [0, 0.1) is 5.92 Å². The predicted molar refractivity (Wildman–Crippen MR) is 107 cm³/mol. The Hall–Kier alpha value is -2.11. The molecule has 0 aliphatic carbocycles. The second-order valence-corrected chi connectivity index (χ2v) is 8.85. The van der Waals surface area contributed by atoms with Crippen molar-refractivity contribution in [3.8, 4) is 5.75 Å². The van der Waals surface area contributed by atoms with Gasteiger partial charge in [0.2, 0.25) is 0 Å². The first-order valence-electron chi connectivity index (χ1n) is 11.1. The van der Waals surface area contributed by atoms with E-state index in [0.29, 0.717) is 5.56 Å². The van der Waals surface area contributed by atoms with Crippen molar-refractivity contribution < 1.29 is 80.4 Å². The zero-order chi connectivity index (χ0) is 31.6. The maximum Gasteiger partial charge on any atom is 0.460 e. The van der Waals surface area contributed by atoms with Crippen LogP contribution in [0.15, 0.2) is 24.3 Å². The molecule has 234 valence electrons. The Labute approximate surface area is 217 Å². The van der Waals surface area contributed by atoms with Crippen LogP contribution in [0.4, 0.5) is 65.9 Å². The molecule has 0 aliphatic rings. The lowest BCUT2D eigenvalue weighted by Gasteiger charge is -2.41. The summed E-state index contributed by atoms with van der Waals surface area (Å²) >= 11 is 0. The molecule has 0 saturated carbocycles. The zero-order valence-electron chi connectivity index (χ0n) is 20.4. The molecule has 0 bridgehead atoms. The van der Waals surface area contributed by atoms with Crippen molar-refractivity contribution in [2.75, 3.05) is 13.2 Å². The Kier molecular flexibility index (Phi) is 10.8. The highest BCUT2D eigenvalue weighted by atomic mass is 19.4. The van der Waals surface area contributed by atoms with Gasteiger partial charge in [0.25, 0.3) is 0 Å². The molecule has 0 saturated heterocycles. The van der Waals surface area contributed by atoms with Crippen LogP contribution in [0.3, 0.4) is 0 Å². The number of rotatable bonds is 15. The van der Waals surface area contributed by atoms with Crippen molar-refractivity contribution in [3.05, 3.63) is 29.8 Å².